The van der Waals surface area contributed by atoms with Crippen LogP contribution in [0.1, 0.15) is 40.5 Å². The molecule has 10 heteroatoms. The second kappa shape index (κ2) is 14.8. The van der Waals surface area contributed by atoms with Crippen LogP contribution in [0.2, 0.25) is 0 Å². The Morgan fingerprint density at radius 1 is 1.13 bits per heavy atom. The predicted octanol–water partition coefficient (Wildman–Crippen LogP) is 1.92. The van der Waals surface area contributed by atoms with Crippen molar-refractivity contribution in [3.8, 4) is 0 Å². The Morgan fingerprint density at radius 3 is 2.13 bits per heavy atom. The minimum atomic E-state index is -3.28. The lowest BCUT2D eigenvalue weighted by atomic mass is 9.93. The standard InChI is InChI=1S/C20H43N5O3S.HI/c1-8-18(9-2)19(23(6)7)16-22-20(21-5)24-10-12-25(13-11-24)29(26,27)15-14-28-17(3)4;/h17-19H,8-16H2,1-7H3,(H,21,22);1H. The van der Waals surface area contributed by atoms with E-state index in [-0.39, 0.29) is 42.4 Å². The summed E-state index contributed by atoms with van der Waals surface area (Å²) < 4.78 is 32.0. The molecule has 0 bridgehead atoms. The van der Waals surface area contributed by atoms with Gasteiger partial charge < -0.3 is 19.9 Å². The molecule has 1 atom stereocenters. The van der Waals surface area contributed by atoms with Crippen molar-refractivity contribution in [1.29, 1.82) is 0 Å². The van der Waals surface area contributed by atoms with E-state index in [1.807, 2.05) is 13.8 Å². The summed E-state index contributed by atoms with van der Waals surface area (Å²) in [4.78, 5) is 8.86. The summed E-state index contributed by atoms with van der Waals surface area (Å²) in [5.41, 5.74) is 0. The van der Waals surface area contributed by atoms with Gasteiger partial charge in [0.15, 0.2) is 5.96 Å². The zero-order valence-corrected chi connectivity index (χ0v) is 23.1. The van der Waals surface area contributed by atoms with Crippen molar-refractivity contribution >= 4 is 40.0 Å². The summed E-state index contributed by atoms with van der Waals surface area (Å²) in [6.45, 7) is 11.6. The van der Waals surface area contributed by atoms with Crippen molar-refractivity contribution in [1.82, 2.24) is 19.4 Å². The fourth-order valence-corrected chi connectivity index (χ4v) is 5.11. The fraction of sp³-hybridized carbons (Fsp3) is 0.950. The third-order valence-electron chi connectivity index (χ3n) is 5.66. The van der Waals surface area contributed by atoms with E-state index >= 15 is 0 Å². The summed E-state index contributed by atoms with van der Waals surface area (Å²) in [7, 11) is 2.76. The van der Waals surface area contributed by atoms with Crippen LogP contribution in [-0.4, -0.2) is 107 Å². The molecule has 1 rings (SSSR count). The number of nitrogens with one attached hydrogen (secondary N) is 1. The molecule has 0 aromatic carbocycles. The highest BCUT2D eigenvalue weighted by molar-refractivity contribution is 14.0. The van der Waals surface area contributed by atoms with Crippen LogP contribution >= 0.6 is 24.0 Å². The maximum atomic E-state index is 12.5. The molecule has 0 saturated carbocycles. The van der Waals surface area contributed by atoms with Crippen molar-refractivity contribution in [2.45, 2.75) is 52.7 Å². The Balaban J connectivity index is 0.00000841. The first-order chi connectivity index (χ1) is 13.7. The lowest BCUT2D eigenvalue weighted by molar-refractivity contribution is 0.0904. The molecular weight excluding hydrogens is 517 g/mol. The quantitative estimate of drug-likeness (QED) is 0.236. The van der Waals surface area contributed by atoms with E-state index in [4.69, 9.17) is 4.74 Å². The van der Waals surface area contributed by atoms with E-state index < -0.39 is 10.0 Å². The Morgan fingerprint density at radius 2 is 1.70 bits per heavy atom. The number of nitrogens with zero attached hydrogens (tertiary/aromatic N) is 4. The van der Waals surface area contributed by atoms with Gasteiger partial charge in [-0.2, -0.15) is 4.31 Å². The van der Waals surface area contributed by atoms with Crippen molar-refractivity contribution < 1.29 is 13.2 Å². The lowest BCUT2D eigenvalue weighted by Gasteiger charge is -2.37. The Hall–Kier alpha value is -0.170. The first-order valence-electron chi connectivity index (χ1n) is 10.9. The first kappa shape index (κ1) is 29.8. The van der Waals surface area contributed by atoms with Crippen molar-refractivity contribution in [3.05, 3.63) is 0 Å². The molecule has 1 N–H and O–H groups in total. The van der Waals surface area contributed by atoms with Crippen molar-refractivity contribution in [2.24, 2.45) is 10.9 Å². The van der Waals surface area contributed by atoms with Crippen LogP contribution in [-0.2, 0) is 14.8 Å². The SMILES string of the molecule is CCC(CC)C(CNC(=NC)N1CCN(S(=O)(=O)CCOC(C)C)CC1)N(C)C.I. The second-order valence-corrected chi connectivity index (χ2v) is 10.2. The van der Waals surface area contributed by atoms with Crippen LogP contribution < -0.4 is 5.32 Å². The fourth-order valence-electron chi connectivity index (χ4n) is 3.83. The van der Waals surface area contributed by atoms with Crippen LogP contribution in [0.25, 0.3) is 0 Å². The summed E-state index contributed by atoms with van der Waals surface area (Å²) in [5, 5.41) is 3.52. The molecule has 0 amide bonds. The number of ether oxygens (including phenoxy) is 1. The monoisotopic (exact) mass is 561 g/mol. The number of likely N-dealkylation sites (N-methyl/N-ethyl adjacent to an activating group) is 1. The van der Waals surface area contributed by atoms with Gasteiger partial charge in [0, 0.05) is 45.8 Å². The molecule has 30 heavy (non-hydrogen) atoms. The number of halogens is 1. The number of hydrogen-bond donors (Lipinski definition) is 1. The predicted molar refractivity (Wildman–Crippen MR) is 136 cm³/mol. The van der Waals surface area contributed by atoms with Crippen LogP contribution in [0.15, 0.2) is 4.99 Å². The van der Waals surface area contributed by atoms with E-state index in [0.717, 1.165) is 25.3 Å². The minimum Gasteiger partial charge on any atom is -0.378 e. The number of aliphatic imine (C=N–C) groups is 1. The first-order valence-corrected chi connectivity index (χ1v) is 12.5. The molecule has 1 saturated heterocycles. The maximum Gasteiger partial charge on any atom is 0.216 e. The van der Waals surface area contributed by atoms with Gasteiger partial charge in [0.05, 0.1) is 18.5 Å². The second-order valence-electron chi connectivity index (χ2n) is 8.16. The smallest absolute Gasteiger partial charge is 0.216 e. The number of guanidine groups is 1. The van der Waals surface area contributed by atoms with Gasteiger partial charge in [-0.3, -0.25) is 4.99 Å². The van der Waals surface area contributed by atoms with Crippen molar-refractivity contribution in [3.63, 3.8) is 0 Å². The molecule has 1 aliphatic rings. The van der Waals surface area contributed by atoms with Gasteiger partial charge in [0.25, 0.3) is 0 Å². The number of piperazine rings is 1. The maximum absolute atomic E-state index is 12.5. The molecule has 0 radical (unpaired) electrons. The molecule has 0 aromatic rings. The Labute approximate surface area is 201 Å². The molecule has 1 fully saturated rings. The van der Waals surface area contributed by atoms with E-state index in [1.165, 1.54) is 0 Å². The summed E-state index contributed by atoms with van der Waals surface area (Å²) >= 11 is 0. The Bertz CT molecular complexity index is 589. The molecule has 0 aromatic heterocycles. The average Bonchev–Trinajstić information content (AvgIpc) is 2.67. The summed E-state index contributed by atoms with van der Waals surface area (Å²) in [5.74, 6) is 1.52. The lowest BCUT2D eigenvalue weighted by Crippen LogP contribution is -2.56. The molecular formula is C20H44IN5O3S. The van der Waals surface area contributed by atoms with Gasteiger partial charge in [-0.15, -0.1) is 24.0 Å². The average molecular weight is 562 g/mol. The number of sulfonamides is 1. The topological polar surface area (TPSA) is 77.5 Å². The highest BCUT2D eigenvalue weighted by Crippen LogP contribution is 2.16. The minimum absolute atomic E-state index is 0. The molecule has 8 nitrogen and oxygen atoms in total. The van der Waals surface area contributed by atoms with Crippen LogP contribution in [0.3, 0.4) is 0 Å². The molecule has 0 spiro atoms. The summed E-state index contributed by atoms with van der Waals surface area (Å²) in [6.07, 6.45) is 2.34. The van der Waals surface area contributed by atoms with Gasteiger partial charge >= 0.3 is 0 Å². The molecule has 1 unspecified atom stereocenters. The van der Waals surface area contributed by atoms with Gasteiger partial charge in [-0.25, -0.2) is 8.42 Å². The summed E-state index contributed by atoms with van der Waals surface area (Å²) in [6, 6.07) is 0.435. The van der Waals surface area contributed by atoms with E-state index in [2.05, 4.69) is 48.1 Å². The molecule has 1 heterocycles. The van der Waals surface area contributed by atoms with Crippen LogP contribution in [0.4, 0.5) is 0 Å². The Kier molecular flexibility index (Phi) is 14.7. The van der Waals surface area contributed by atoms with E-state index in [1.54, 1.807) is 11.4 Å². The van der Waals surface area contributed by atoms with Gasteiger partial charge in [-0.05, 0) is 33.9 Å². The zero-order chi connectivity index (χ0) is 22.0. The zero-order valence-electron chi connectivity index (χ0n) is 19.9. The number of hydrogen-bond acceptors (Lipinski definition) is 5. The van der Waals surface area contributed by atoms with Crippen molar-refractivity contribution in [2.75, 3.05) is 66.2 Å². The van der Waals surface area contributed by atoms with Gasteiger partial charge in [0.1, 0.15) is 0 Å². The number of rotatable bonds is 11. The van der Waals surface area contributed by atoms with Crippen LogP contribution in [0.5, 0.6) is 0 Å². The highest BCUT2D eigenvalue weighted by Gasteiger charge is 2.28. The molecule has 180 valence electrons. The van der Waals surface area contributed by atoms with Gasteiger partial charge in [-0.1, -0.05) is 26.7 Å². The van der Waals surface area contributed by atoms with E-state index in [9.17, 15) is 8.42 Å². The van der Waals surface area contributed by atoms with Gasteiger partial charge in [0.2, 0.25) is 10.0 Å². The third kappa shape index (κ3) is 9.54. The highest BCUT2D eigenvalue weighted by atomic mass is 127. The third-order valence-corrected chi connectivity index (χ3v) is 7.50. The van der Waals surface area contributed by atoms with Crippen LogP contribution in [0, 0.1) is 5.92 Å². The molecule has 1 aliphatic heterocycles. The normalized spacial score (nSPS) is 17.5. The van der Waals surface area contributed by atoms with E-state index in [0.29, 0.717) is 38.1 Å². The molecule has 0 aliphatic carbocycles. The largest absolute Gasteiger partial charge is 0.378 e.